The van der Waals surface area contributed by atoms with Gasteiger partial charge in [-0.15, -0.1) is 0 Å². The first-order chi connectivity index (χ1) is 8.32. The molecule has 1 aromatic rings. The van der Waals surface area contributed by atoms with Gasteiger partial charge in [-0.05, 0) is 12.0 Å². The third-order valence-electron chi connectivity index (χ3n) is 2.51. The second-order valence-corrected chi connectivity index (χ2v) is 5.05. The van der Waals surface area contributed by atoms with E-state index in [4.69, 9.17) is 23.2 Å². The largest absolute Gasteiger partial charge is 0.391 e. The maximum absolute atomic E-state index is 10.9. The van der Waals surface area contributed by atoms with Crippen molar-refractivity contribution in [2.45, 2.75) is 20.0 Å². The Bertz CT molecular complexity index is 452. The minimum absolute atomic E-state index is 0.0549. The van der Waals surface area contributed by atoms with Crippen LogP contribution in [-0.2, 0) is 0 Å². The summed E-state index contributed by atoms with van der Waals surface area (Å²) in [5.74, 6) is 0.0549. The van der Waals surface area contributed by atoms with E-state index in [0.717, 1.165) is 0 Å². The average Bonchev–Trinajstić information content (AvgIpc) is 2.29. The van der Waals surface area contributed by atoms with Crippen molar-refractivity contribution in [3.63, 3.8) is 0 Å². The lowest BCUT2D eigenvalue weighted by Crippen LogP contribution is -2.25. The van der Waals surface area contributed by atoms with Gasteiger partial charge in [0.25, 0.3) is 5.69 Å². The van der Waals surface area contributed by atoms with Crippen molar-refractivity contribution < 1.29 is 10.0 Å². The molecule has 0 amide bonds. The van der Waals surface area contributed by atoms with Gasteiger partial charge in [-0.2, -0.15) is 0 Å². The Labute approximate surface area is 115 Å². The molecule has 0 aliphatic rings. The lowest BCUT2D eigenvalue weighted by Gasteiger charge is -2.16. The standard InChI is InChI=1S/C11H14Cl2N2O3/c1-6(2)11(16)5-14-9-3-7(12)8(13)4-10(9)15(17)18/h3-4,6,11,14,16H,5H2,1-2H3. The second kappa shape index (κ2) is 6.22. The van der Waals surface area contributed by atoms with Gasteiger partial charge in [-0.3, -0.25) is 10.1 Å². The van der Waals surface area contributed by atoms with Crippen molar-refractivity contribution in [3.05, 3.63) is 32.3 Å². The summed E-state index contributed by atoms with van der Waals surface area (Å²) in [6.07, 6.45) is -0.598. The zero-order valence-electron chi connectivity index (χ0n) is 9.98. The first-order valence-corrected chi connectivity index (χ1v) is 6.14. The molecule has 0 aromatic heterocycles. The van der Waals surface area contributed by atoms with Crippen LogP contribution >= 0.6 is 23.2 Å². The Kier molecular flexibility index (Phi) is 5.19. The molecule has 100 valence electrons. The van der Waals surface area contributed by atoms with Gasteiger partial charge < -0.3 is 10.4 Å². The summed E-state index contributed by atoms with van der Waals surface area (Å²) in [4.78, 5) is 10.3. The molecule has 5 nitrogen and oxygen atoms in total. The number of aliphatic hydroxyl groups is 1. The normalized spacial score (nSPS) is 12.6. The molecule has 1 atom stereocenters. The van der Waals surface area contributed by atoms with Gasteiger partial charge in [0, 0.05) is 12.6 Å². The number of aliphatic hydroxyl groups excluding tert-OH is 1. The Morgan fingerprint density at radius 3 is 2.44 bits per heavy atom. The number of nitrogens with zero attached hydrogens (tertiary/aromatic N) is 1. The predicted molar refractivity (Wildman–Crippen MR) is 72.5 cm³/mol. The van der Waals surface area contributed by atoms with Crippen LogP contribution in [0.25, 0.3) is 0 Å². The van der Waals surface area contributed by atoms with Crippen molar-refractivity contribution in [2.75, 3.05) is 11.9 Å². The molecule has 0 saturated heterocycles. The SMILES string of the molecule is CC(C)C(O)CNc1cc(Cl)c(Cl)cc1[N+](=O)[O-]. The fraction of sp³-hybridized carbons (Fsp3) is 0.455. The molecular formula is C11H14Cl2N2O3. The van der Waals surface area contributed by atoms with Crippen LogP contribution in [0.5, 0.6) is 0 Å². The summed E-state index contributed by atoms with van der Waals surface area (Å²) < 4.78 is 0. The molecule has 1 aromatic carbocycles. The Hall–Kier alpha value is -1.04. The summed E-state index contributed by atoms with van der Waals surface area (Å²) in [5.41, 5.74) is 0.0782. The summed E-state index contributed by atoms with van der Waals surface area (Å²) in [6.45, 7) is 3.92. The highest BCUT2D eigenvalue weighted by Gasteiger charge is 2.18. The zero-order valence-corrected chi connectivity index (χ0v) is 11.5. The molecule has 1 rings (SSSR count). The second-order valence-electron chi connectivity index (χ2n) is 4.23. The van der Waals surface area contributed by atoms with E-state index in [1.165, 1.54) is 12.1 Å². The minimum Gasteiger partial charge on any atom is -0.391 e. The van der Waals surface area contributed by atoms with E-state index in [1.54, 1.807) is 0 Å². The summed E-state index contributed by atoms with van der Waals surface area (Å²) in [5, 5.41) is 23.7. The number of anilines is 1. The number of nitro groups is 1. The van der Waals surface area contributed by atoms with E-state index in [-0.39, 0.29) is 33.9 Å². The molecule has 18 heavy (non-hydrogen) atoms. The topological polar surface area (TPSA) is 75.4 Å². The van der Waals surface area contributed by atoms with Crippen LogP contribution in [0.4, 0.5) is 11.4 Å². The number of nitro benzene ring substituents is 1. The van der Waals surface area contributed by atoms with Crippen LogP contribution < -0.4 is 5.32 Å². The van der Waals surface area contributed by atoms with Crippen molar-refractivity contribution in [3.8, 4) is 0 Å². The molecule has 0 aliphatic carbocycles. The van der Waals surface area contributed by atoms with E-state index in [2.05, 4.69) is 5.32 Å². The third-order valence-corrected chi connectivity index (χ3v) is 3.23. The van der Waals surface area contributed by atoms with Gasteiger partial charge in [0.1, 0.15) is 5.69 Å². The molecule has 0 spiro atoms. The molecule has 0 heterocycles. The molecule has 0 fully saturated rings. The van der Waals surface area contributed by atoms with E-state index in [1.807, 2.05) is 13.8 Å². The zero-order chi connectivity index (χ0) is 13.9. The molecule has 0 aliphatic heterocycles. The molecule has 0 saturated carbocycles. The maximum atomic E-state index is 10.9. The van der Waals surface area contributed by atoms with Gasteiger partial charge >= 0.3 is 0 Å². The van der Waals surface area contributed by atoms with Crippen molar-refractivity contribution >= 4 is 34.6 Å². The molecular weight excluding hydrogens is 279 g/mol. The Balaban J connectivity index is 2.93. The highest BCUT2D eigenvalue weighted by molar-refractivity contribution is 6.42. The van der Waals surface area contributed by atoms with Crippen LogP contribution in [0.15, 0.2) is 12.1 Å². The van der Waals surface area contributed by atoms with Gasteiger partial charge in [-0.25, -0.2) is 0 Å². The molecule has 7 heteroatoms. The fourth-order valence-corrected chi connectivity index (χ4v) is 1.60. The predicted octanol–water partition coefficient (Wildman–Crippen LogP) is 3.33. The fourth-order valence-electron chi connectivity index (χ4n) is 1.28. The van der Waals surface area contributed by atoms with E-state index >= 15 is 0 Å². The molecule has 0 radical (unpaired) electrons. The highest BCUT2D eigenvalue weighted by atomic mass is 35.5. The third kappa shape index (κ3) is 3.73. The van der Waals surface area contributed by atoms with Crippen LogP contribution in [0.2, 0.25) is 10.0 Å². The summed E-state index contributed by atoms with van der Waals surface area (Å²) in [6, 6.07) is 2.57. The minimum atomic E-state index is -0.598. The number of benzene rings is 1. The van der Waals surface area contributed by atoms with Gasteiger partial charge in [0.15, 0.2) is 0 Å². The van der Waals surface area contributed by atoms with Crippen LogP contribution in [-0.4, -0.2) is 22.7 Å². The molecule has 0 bridgehead atoms. The molecule has 2 N–H and O–H groups in total. The number of rotatable bonds is 5. The lowest BCUT2D eigenvalue weighted by molar-refractivity contribution is -0.383. The van der Waals surface area contributed by atoms with Crippen LogP contribution in [0.1, 0.15) is 13.8 Å². The monoisotopic (exact) mass is 292 g/mol. The first kappa shape index (κ1) is 15.0. The summed E-state index contributed by atoms with van der Waals surface area (Å²) in [7, 11) is 0. The quantitative estimate of drug-likeness (QED) is 0.645. The number of hydrogen-bond acceptors (Lipinski definition) is 4. The van der Waals surface area contributed by atoms with Crippen molar-refractivity contribution in [2.24, 2.45) is 5.92 Å². The average molecular weight is 293 g/mol. The summed E-state index contributed by atoms with van der Waals surface area (Å²) >= 11 is 11.5. The number of nitrogens with one attached hydrogen (secondary N) is 1. The van der Waals surface area contributed by atoms with E-state index in [0.29, 0.717) is 0 Å². The van der Waals surface area contributed by atoms with Gasteiger partial charge in [-0.1, -0.05) is 37.0 Å². The maximum Gasteiger partial charge on any atom is 0.293 e. The van der Waals surface area contributed by atoms with Gasteiger partial charge in [0.05, 0.1) is 21.1 Å². The van der Waals surface area contributed by atoms with E-state index < -0.39 is 11.0 Å². The van der Waals surface area contributed by atoms with Crippen LogP contribution in [0.3, 0.4) is 0 Å². The highest BCUT2D eigenvalue weighted by Crippen LogP contribution is 2.33. The smallest absolute Gasteiger partial charge is 0.293 e. The van der Waals surface area contributed by atoms with Crippen molar-refractivity contribution in [1.29, 1.82) is 0 Å². The molecule has 1 unspecified atom stereocenters. The van der Waals surface area contributed by atoms with Crippen molar-refractivity contribution in [1.82, 2.24) is 0 Å². The lowest BCUT2D eigenvalue weighted by atomic mass is 10.1. The van der Waals surface area contributed by atoms with Gasteiger partial charge in [0.2, 0.25) is 0 Å². The Morgan fingerprint density at radius 1 is 1.39 bits per heavy atom. The van der Waals surface area contributed by atoms with E-state index in [9.17, 15) is 15.2 Å². The first-order valence-electron chi connectivity index (χ1n) is 5.38. The van der Waals surface area contributed by atoms with Crippen LogP contribution in [0, 0.1) is 16.0 Å². The number of halogens is 2. The Morgan fingerprint density at radius 2 is 1.94 bits per heavy atom. The number of hydrogen-bond donors (Lipinski definition) is 2.